The largest absolute Gasteiger partial charge is 0.504 e. The summed E-state index contributed by atoms with van der Waals surface area (Å²) >= 11 is 0. The molecule has 5 unspecified atom stereocenters. The molecule has 5 atom stereocenters. The third-order valence-corrected chi connectivity index (χ3v) is 3.77. The standard InChI is InChI=1S/C15H16O12/c16-5-1-4(2-6(17)13(22)23)3-7(8(5)18)26-15-11(21)9(19)10(20)12(27-15)14(24)25/h1,3,9-12,15-16,18-21H,2H2,(H,22,23)(H,24,25). The number of carbonyl (C=O) groups is 3. The normalized spacial score (nSPS) is 27.7. The van der Waals surface area contributed by atoms with E-state index in [1.54, 1.807) is 0 Å². The van der Waals surface area contributed by atoms with Crippen molar-refractivity contribution in [1.29, 1.82) is 0 Å². The number of ether oxygens (including phenoxy) is 2. The number of carbonyl (C=O) groups excluding carboxylic acids is 1. The van der Waals surface area contributed by atoms with Crippen LogP contribution in [0.1, 0.15) is 5.56 Å². The van der Waals surface area contributed by atoms with Crippen LogP contribution in [-0.2, 0) is 25.5 Å². The number of aromatic hydroxyl groups is 2. The second-order valence-electron chi connectivity index (χ2n) is 5.72. The van der Waals surface area contributed by atoms with Gasteiger partial charge in [0.25, 0.3) is 0 Å². The van der Waals surface area contributed by atoms with E-state index in [0.717, 1.165) is 12.1 Å². The summed E-state index contributed by atoms with van der Waals surface area (Å²) in [5.74, 6) is -6.84. The Labute approximate surface area is 150 Å². The molecule has 1 aliphatic rings. The lowest BCUT2D eigenvalue weighted by atomic mass is 9.99. The molecule has 1 aliphatic heterocycles. The van der Waals surface area contributed by atoms with E-state index in [2.05, 4.69) is 0 Å². The van der Waals surface area contributed by atoms with E-state index in [-0.39, 0.29) is 5.56 Å². The third-order valence-electron chi connectivity index (χ3n) is 3.77. The van der Waals surface area contributed by atoms with Gasteiger partial charge in [0.15, 0.2) is 17.6 Å². The maximum Gasteiger partial charge on any atom is 0.372 e. The number of carboxylic acids is 2. The van der Waals surface area contributed by atoms with Crippen LogP contribution >= 0.6 is 0 Å². The number of aliphatic hydroxyl groups is 3. The first-order valence-electron chi connectivity index (χ1n) is 7.43. The predicted octanol–water partition coefficient (Wildman–Crippen LogP) is -2.43. The number of phenolic OH excluding ortho intramolecular Hbond substituents is 2. The molecular formula is C15H16O12. The molecule has 148 valence electrons. The lowest BCUT2D eigenvalue weighted by Gasteiger charge is -2.38. The Kier molecular flexibility index (Phi) is 5.85. The number of hydrogen-bond acceptors (Lipinski definition) is 10. The summed E-state index contributed by atoms with van der Waals surface area (Å²) in [5.41, 5.74) is -0.0756. The van der Waals surface area contributed by atoms with Crippen molar-refractivity contribution in [1.82, 2.24) is 0 Å². The number of carboxylic acid groups (broad SMARTS) is 2. The number of ketones is 1. The molecule has 0 saturated carbocycles. The number of aliphatic hydroxyl groups excluding tert-OH is 3. The number of Topliss-reactive ketones (excluding diaryl/α,β-unsaturated/α-hetero) is 1. The molecule has 1 aromatic rings. The van der Waals surface area contributed by atoms with Gasteiger partial charge in [-0.2, -0.15) is 0 Å². The summed E-state index contributed by atoms with van der Waals surface area (Å²) in [4.78, 5) is 33.0. The van der Waals surface area contributed by atoms with Gasteiger partial charge in [0, 0.05) is 6.42 Å². The first kappa shape index (κ1) is 20.4. The van der Waals surface area contributed by atoms with Crippen molar-refractivity contribution >= 4 is 17.7 Å². The van der Waals surface area contributed by atoms with Gasteiger partial charge in [-0.25, -0.2) is 9.59 Å². The SMILES string of the molecule is O=C(O)C(=O)Cc1cc(O)c(O)c(OC2OC(C(=O)O)C(O)C(O)C2O)c1. The van der Waals surface area contributed by atoms with Crippen LogP contribution in [0.3, 0.4) is 0 Å². The average molecular weight is 388 g/mol. The predicted molar refractivity (Wildman–Crippen MR) is 81.1 cm³/mol. The molecule has 0 bridgehead atoms. The lowest BCUT2D eigenvalue weighted by molar-refractivity contribution is -0.271. The van der Waals surface area contributed by atoms with Gasteiger partial charge in [-0.1, -0.05) is 0 Å². The van der Waals surface area contributed by atoms with Gasteiger partial charge in [-0.15, -0.1) is 0 Å². The zero-order chi connectivity index (χ0) is 20.5. The maximum atomic E-state index is 11.3. The van der Waals surface area contributed by atoms with Gasteiger partial charge in [-0.3, -0.25) is 4.79 Å². The van der Waals surface area contributed by atoms with E-state index in [1.165, 1.54) is 0 Å². The summed E-state index contributed by atoms with van der Waals surface area (Å²) in [5, 5.41) is 66.3. The Hall–Kier alpha value is -2.93. The highest BCUT2D eigenvalue weighted by atomic mass is 16.7. The summed E-state index contributed by atoms with van der Waals surface area (Å²) < 4.78 is 9.95. The highest BCUT2D eigenvalue weighted by Gasteiger charge is 2.48. The molecule has 12 heteroatoms. The average Bonchev–Trinajstić information content (AvgIpc) is 2.58. The van der Waals surface area contributed by atoms with E-state index in [9.17, 15) is 39.9 Å². The number of hydrogen-bond donors (Lipinski definition) is 7. The molecule has 12 nitrogen and oxygen atoms in total. The van der Waals surface area contributed by atoms with Crippen LogP contribution in [0.15, 0.2) is 12.1 Å². The highest BCUT2D eigenvalue weighted by Crippen LogP contribution is 2.38. The fraction of sp³-hybridized carbons (Fsp3) is 0.400. The second kappa shape index (κ2) is 7.75. The van der Waals surface area contributed by atoms with Crippen LogP contribution in [0, 0.1) is 0 Å². The number of benzene rings is 1. The zero-order valence-corrected chi connectivity index (χ0v) is 13.4. The highest BCUT2D eigenvalue weighted by molar-refractivity contribution is 6.33. The van der Waals surface area contributed by atoms with Crippen molar-refractivity contribution in [3.05, 3.63) is 17.7 Å². The van der Waals surface area contributed by atoms with E-state index >= 15 is 0 Å². The zero-order valence-electron chi connectivity index (χ0n) is 13.4. The van der Waals surface area contributed by atoms with Gasteiger partial charge in [0.1, 0.15) is 18.3 Å². The van der Waals surface area contributed by atoms with Gasteiger partial charge < -0.3 is 45.2 Å². The van der Waals surface area contributed by atoms with Crippen LogP contribution < -0.4 is 4.74 Å². The first-order valence-corrected chi connectivity index (χ1v) is 7.43. The van der Waals surface area contributed by atoms with Gasteiger partial charge in [0.2, 0.25) is 17.8 Å². The molecule has 2 rings (SSSR count). The molecular weight excluding hydrogens is 372 g/mol. The van der Waals surface area contributed by atoms with Gasteiger partial charge in [-0.05, 0) is 17.7 Å². The van der Waals surface area contributed by atoms with Gasteiger partial charge >= 0.3 is 11.9 Å². The van der Waals surface area contributed by atoms with Crippen molar-refractivity contribution in [2.75, 3.05) is 0 Å². The molecule has 0 spiro atoms. The fourth-order valence-corrected chi connectivity index (χ4v) is 2.38. The number of rotatable bonds is 6. The summed E-state index contributed by atoms with van der Waals surface area (Å²) in [6, 6.07) is 1.86. The summed E-state index contributed by atoms with van der Waals surface area (Å²) in [7, 11) is 0. The summed E-state index contributed by atoms with van der Waals surface area (Å²) in [6.07, 6.45) is -10.3. The van der Waals surface area contributed by atoms with Crippen molar-refractivity contribution in [3.63, 3.8) is 0 Å². The quantitative estimate of drug-likeness (QED) is 0.200. The van der Waals surface area contributed by atoms with Crippen molar-refractivity contribution in [2.45, 2.75) is 37.1 Å². The Morgan fingerprint density at radius 1 is 1.00 bits per heavy atom. The van der Waals surface area contributed by atoms with E-state index < -0.39 is 72.1 Å². The van der Waals surface area contributed by atoms with E-state index in [1.807, 2.05) is 0 Å². The second-order valence-corrected chi connectivity index (χ2v) is 5.72. The first-order chi connectivity index (χ1) is 12.5. The molecule has 0 radical (unpaired) electrons. The number of aliphatic carboxylic acids is 2. The third kappa shape index (κ3) is 4.25. The lowest BCUT2D eigenvalue weighted by Crippen LogP contribution is -2.61. The molecule has 0 aromatic heterocycles. The minimum Gasteiger partial charge on any atom is -0.504 e. The summed E-state index contributed by atoms with van der Waals surface area (Å²) in [6.45, 7) is 0. The van der Waals surface area contributed by atoms with Crippen LogP contribution in [-0.4, -0.2) is 84.2 Å². The van der Waals surface area contributed by atoms with Crippen molar-refractivity contribution in [2.24, 2.45) is 0 Å². The van der Waals surface area contributed by atoms with Crippen LogP contribution in [0.5, 0.6) is 17.2 Å². The molecule has 0 amide bonds. The Morgan fingerprint density at radius 2 is 1.63 bits per heavy atom. The minimum absolute atomic E-state index is 0.0756. The Bertz CT molecular complexity index is 759. The van der Waals surface area contributed by atoms with Crippen LogP contribution in [0.25, 0.3) is 0 Å². The monoisotopic (exact) mass is 388 g/mol. The molecule has 0 aliphatic carbocycles. The van der Waals surface area contributed by atoms with Gasteiger partial charge in [0.05, 0.1) is 0 Å². The molecule has 7 N–H and O–H groups in total. The van der Waals surface area contributed by atoms with Crippen molar-refractivity contribution in [3.8, 4) is 17.2 Å². The Morgan fingerprint density at radius 3 is 2.19 bits per heavy atom. The van der Waals surface area contributed by atoms with E-state index in [4.69, 9.17) is 19.7 Å². The smallest absolute Gasteiger partial charge is 0.372 e. The minimum atomic E-state index is -1.96. The topological polar surface area (TPSA) is 211 Å². The molecule has 1 fully saturated rings. The maximum absolute atomic E-state index is 11.3. The Balaban J connectivity index is 2.29. The molecule has 1 saturated heterocycles. The molecule has 27 heavy (non-hydrogen) atoms. The molecule has 1 aromatic carbocycles. The fourth-order valence-electron chi connectivity index (χ4n) is 2.38. The van der Waals surface area contributed by atoms with Crippen LogP contribution in [0.4, 0.5) is 0 Å². The van der Waals surface area contributed by atoms with Crippen molar-refractivity contribution < 1.29 is 59.6 Å². The van der Waals surface area contributed by atoms with Crippen LogP contribution in [0.2, 0.25) is 0 Å². The number of phenols is 2. The van der Waals surface area contributed by atoms with E-state index in [0.29, 0.717) is 0 Å². The molecule has 1 heterocycles.